The van der Waals surface area contributed by atoms with Crippen LogP contribution in [0.3, 0.4) is 0 Å². The van der Waals surface area contributed by atoms with Gasteiger partial charge >= 0.3 is 5.97 Å². The van der Waals surface area contributed by atoms with Crippen LogP contribution in [0.1, 0.15) is 41.0 Å². The molecule has 8 atom stereocenters. The van der Waals surface area contributed by atoms with Crippen LogP contribution in [0.2, 0.25) is 0 Å². The number of aliphatic hydroxyl groups excluding tert-OH is 2. The first-order valence-corrected chi connectivity index (χ1v) is 10.2. The Balaban J connectivity index is 1.94. The van der Waals surface area contributed by atoms with E-state index in [9.17, 15) is 30.0 Å². The highest BCUT2D eigenvalue weighted by Crippen LogP contribution is 2.76. The van der Waals surface area contributed by atoms with Crippen molar-refractivity contribution in [1.82, 2.24) is 0 Å². The zero-order valence-corrected chi connectivity index (χ0v) is 17.5. The molecule has 4 N–H and O–H groups in total. The molecule has 0 aromatic carbocycles. The van der Waals surface area contributed by atoms with E-state index in [-0.39, 0.29) is 13.0 Å². The maximum Gasteiger partial charge on any atom is 0.303 e. The fourth-order valence-corrected chi connectivity index (χ4v) is 6.91. The first-order valence-electron chi connectivity index (χ1n) is 10.2. The molecule has 2 saturated carbocycles. The van der Waals surface area contributed by atoms with E-state index in [0.29, 0.717) is 11.1 Å². The Labute approximate surface area is 170 Å². The van der Waals surface area contributed by atoms with E-state index in [4.69, 9.17) is 4.74 Å². The number of rotatable bonds is 2. The fraction of sp³-hybridized carbons (Fsp3) is 0.727. The van der Waals surface area contributed by atoms with Gasteiger partial charge in [0.2, 0.25) is 0 Å². The van der Waals surface area contributed by atoms with Crippen molar-refractivity contribution in [3.63, 3.8) is 0 Å². The van der Waals surface area contributed by atoms with Gasteiger partial charge in [-0.2, -0.15) is 0 Å². The minimum absolute atomic E-state index is 0.0871. The van der Waals surface area contributed by atoms with Crippen LogP contribution in [0.4, 0.5) is 0 Å². The maximum atomic E-state index is 12.8. The number of Topliss-reactive ketones (excluding diaryl/α,β-unsaturated/α-hetero) is 1. The van der Waals surface area contributed by atoms with E-state index >= 15 is 0 Å². The monoisotopic (exact) mass is 406 g/mol. The highest BCUT2D eigenvalue weighted by molar-refractivity contribution is 6.04. The molecule has 0 radical (unpaired) electrons. The van der Waals surface area contributed by atoms with Gasteiger partial charge in [0.05, 0.1) is 18.3 Å². The van der Waals surface area contributed by atoms with Gasteiger partial charge in [-0.05, 0) is 18.1 Å². The van der Waals surface area contributed by atoms with Gasteiger partial charge < -0.3 is 25.2 Å². The van der Waals surface area contributed by atoms with Crippen LogP contribution in [-0.2, 0) is 14.3 Å². The molecule has 0 bridgehead atoms. The standard InChI is InChI=1S/C22H30O7/c1-10-6-15-20(27,17(10)25)8-13(9-23)7-14-16-19(4,5)22(16,29-12(3)24)18(26)11(2)21(14,15)28/h6-7,11,14-16,18,23,26-28H,8-9H2,1-5H3/t11-,14?,15-,16-,18-,20-,21-,22-/m1/s1. The highest BCUT2D eigenvalue weighted by atomic mass is 16.6. The van der Waals surface area contributed by atoms with Crippen molar-refractivity contribution in [3.8, 4) is 0 Å². The van der Waals surface area contributed by atoms with E-state index < -0.39 is 63.7 Å². The smallest absolute Gasteiger partial charge is 0.303 e. The molecule has 0 heterocycles. The van der Waals surface area contributed by atoms with Gasteiger partial charge in [0.1, 0.15) is 11.2 Å². The van der Waals surface area contributed by atoms with Crippen molar-refractivity contribution < 1.29 is 34.8 Å². The number of ether oxygens (including phenoxy) is 1. The third-order valence-electron chi connectivity index (χ3n) is 8.31. The van der Waals surface area contributed by atoms with Crippen molar-refractivity contribution in [2.45, 2.75) is 63.9 Å². The summed E-state index contributed by atoms with van der Waals surface area (Å²) in [7, 11) is 0. The van der Waals surface area contributed by atoms with Gasteiger partial charge in [-0.1, -0.05) is 32.9 Å². The summed E-state index contributed by atoms with van der Waals surface area (Å²) in [4.78, 5) is 24.7. The van der Waals surface area contributed by atoms with Crippen LogP contribution < -0.4 is 0 Å². The molecule has 0 aromatic heterocycles. The zero-order chi connectivity index (χ0) is 21.7. The molecule has 0 spiro atoms. The van der Waals surface area contributed by atoms with Gasteiger partial charge in [0, 0.05) is 42.4 Å². The molecule has 160 valence electrons. The van der Waals surface area contributed by atoms with E-state index in [1.165, 1.54) is 6.92 Å². The lowest BCUT2D eigenvalue weighted by Crippen LogP contribution is -2.65. The summed E-state index contributed by atoms with van der Waals surface area (Å²) in [6, 6.07) is 0. The maximum absolute atomic E-state index is 12.8. The largest absolute Gasteiger partial charge is 0.456 e. The molecule has 1 unspecified atom stereocenters. The number of carbonyl (C=O) groups excluding carboxylic acids is 2. The average molecular weight is 406 g/mol. The number of hydrogen-bond acceptors (Lipinski definition) is 7. The summed E-state index contributed by atoms with van der Waals surface area (Å²) in [6.07, 6.45) is 2.06. The molecule has 4 rings (SSSR count). The van der Waals surface area contributed by atoms with Crippen LogP contribution in [0.5, 0.6) is 0 Å². The Bertz CT molecular complexity index is 857. The van der Waals surface area contributed by atoms with Gasteiger partial charge in [-0.3, -0.25) is 9.59 Å². The van der Waals surface area contributed by atoms with E-state index in [1.807, 2.05) is 13.8 Å². The predicted octanol–water partition coefficient (Wildman–Crippen LogP) is 0.501. The zero-order valence-electron chi connectivity index (χ0n) is 17.5. The second-order valence-electron chi connectivity index (χ2n) is 9.97. The topological polar surface area (TPSA) is 124 Å². The Morgan fingerprint density at radius 2 is 1.90 bits per heavy atom. The fourth-order valence-electron chi connectivity index (χ4n) is 6.91. The SMILES string of the molecule is CC(=O)O[C@@]12[C@H](O)[C@@H](C)[C@@]3(O)C(C=C(CO)C[C@]4(O)C(=O)C(C)=C[C@@H]34)[C@@H]1C2(C)C. The number of carbonyl (C=O) groups is 2. The quantitative estimate of drug-likeness (QED) is 0.389. The molecular weight excluding hydrogens is 376 g/mol. The van der Waals surface area contributed by atoms with Crippen molar-refractivity contribution >= 4 is 11.8 Å². The summed E-state index contributed by atoms with van der Waals surface area (Å²) in [5, 5.41) is 44.7. The number of ketones is 1. The average Bonchev–Trinajstić information content (AvgIpc) is 3.06. The number of hydrogen-bond donors (Lipinski definition) is 4. The normalized spacial score (nSPS) is 49.8. The molecule has 2 fully saturated rings. The molecule has 4 aliphatic carbocycles. The molecule has 29 heavy (non-hydrogen) atoms. The first-order chi connectivity index (χ1) is 13.3. The number of aliphatic hydroxyl groups is 4. The minimum atomic E-state index is -1.88. The van der Waals surface area contributed by atoms with E-state index in [2.05, 4.69) is 0 Å². The van der Waals surface area contributed by atoms with Gasteiger partial charge in [0.25, 0.3) is 0 Å². The van der Waals surface area contributed by atoms with Crippen LogP contribution in [0.15, 0.2) is 23.3 Å². The van der Waals surface area contributed by atoms with Crippen LogP contribution in [-0.4, -0.2) is 61.7 Å². The molecule has 0 saturated heterocycles. The molecule has 0 amide bonds. The second-order valence-corrected chi connectivity index (χ2v) is 9.97. The Morgan fingerprint density at radius 1 is 1.28 bits per heavy atom. The number of fused-ring (bicyclic) bond motifs is 5. The summed E-state index contributed by atoms with van der Waals surface area (Å²) in [5.74, 6) is -3.77. The molecule has 0 aliphatic heterocycles. The molecule has 0 aromatic rings. The summed E-state index contributed by atoms with van der Waals surface area (Å²) >= 11 is 0. The lowest BCUT2D eigenvalue weighted by molar-refractivity contribution is -0.218. The summed E-state index contributed by atoms with van der Waals surface area (Å²) < 4.78 is 5.70. The molecular formula is C22H30O7. The Hall–Kier alpha value is -1.54. The van der Waals surface area contributed by atoms with E-state index in [1.54, 1.807) is 26.0 Å². The lowest BCUT2D eigenvalue weighted by atomic mass is 9.59. The summed E-state index contributed by atoms with van der Waals surface area (Å²) in [6.45, 7) is 7.96. The van der Waals surface area contributed by atoms with E-state index in [0.717, 1.165) is 0 Å². The predicted molar refractivity (Wildman–Crippen MR) is 102 cm³/mol. The molecule has 7 nitrogen and oxygen atoms in total. The van der Waals surface area contributed by atoms with Crippen molar-refractivity contribution in [3.05, 3.63) is 23.3 Å². The molecule has 4 aliphatic rings. The third kappa shape index (κ3) is 2.17. The molecule has 7 heteroatoms. The third-order valence-corrected chi connectivity index (χ3v) is 8.31. The Morgan fingerprint density at radius 3 is 2.45 bits per heavy atom. The van der Waals surface area contributed by atoms with Crippen molar-refractivity contribution in [2.75, 3.05) is 6.61 Å². The number of esters is 1. The lowest BCUT2D eigenvalue weighted by Gasteiger charge is -2.52. The van der Waals surface area contributed by atoms with Crippen LogP contribution in [0.25, 0.3) is 0 Å². The van der Waals surface area contributed by atoms with Gasteiger partial charge in [-0.25, -0.2) is 0 Å². The second kappa shape index (κ2) is 5.78. The highest BCUT2D eigenvalue weighted by Gasteiger charge is 2.86. The van der Waals surface area contributed by atoms with Gasteiger partial charge in [-0.15, -0.1) is 0 Å². The van der Waals surface area contributed by atoms with Crippen LogP contribution in [0, 0.1) is 29.1 Å². The Kier molecular flexibility index (Phi) is 4.13. The van der Waals surface area contributed by atoms with Crippen molar-refractivity contribution in [2.24, 2.45) is 29.1 Å². The minimum Gasteiger partial charge on any atom is -0.456 e. The van der Waals surface area contributed by atoms with Gasteiger partial charge in [0.15, 0.2) is 5.78 Å². The van der Waals surface area contributed by atoms with Crippen LogP contribution >= 0.6 is 0 Å². The first kappa shape index (κ1) is 20.7. The summed E-state index contributed by atoms with van der Waals surface area (Å²) in [5.41, 5.74) is -4.52. The van der Waals surface area contributed by atoms with Crippen molar-refractivity contribution in [1.29, 1.82) is 0 Å².